The molecule has 0 aromatic heterocycles. The lowest BCUT2D eigenvalue weighted by Crippen LogP contribution is -2.32. The molecule has 0 radical (unpaired) electrons. The van der Waals surface area contributed by atoms with E-state index >= 15 is 0 Å². The standard InChI is InChI=1S/C17H21NO3/c1-13-8-4-2-7-11-16(19)18-15(12-21-17(13)20)14-9-5-3-6-10-14/h2-6,9-10,13,15H,7-8,11-12H2,1H3,(H,18,19)/b4-2+/t13-,15+/m1/s1. The number of hydrogen-bond donors (Lipinski definition) is 1. The zero-order chi connectivity index (χ0) is 15.1. The van der Waals surface area contributed by atoms with Crippen LogP contribution in [0.1, 0.15) is 37.8 Å². The van der Waals surface area contributed by atoms with E-state index in [2.05, 4.69) is 5.32 Å². The number of nitrogens with one attached hydrogen (secondary N) is 1. The van der Waals surface area contributed by atoms with E-state index in [1.807, 2.05) is 49.4 Å². The van der Waals surface area contributed by atoms with Gasteiger partial charge in [-0.1, -0.05) is 49.4 Å². The molecule has 4 heteroatoms. The van der Waals surface area contributed by atoms with Gasteiger partial charge in [-0.2, -0.15) is 0 Å². The van der Waals surface area contributed by atoms with Crippen LogP contribution in [-0.4, -0.2) is 18.5 Å². The number of ether oxygens (including phenoxy) is 1. The molecule has 1 aliphatic heterocycles. The van der Waals surface area contributed by atoms with Crippen LogP contribution in [-0.2, 0) is 14.3 Å². The Kier molecular flexibility index (Phi) is 5.55. The third-order valence-corrected chi connectivity index (χ3v) is 3.53. The van der Waals surface area contributed by atoms with Crippen molar-refractivity contribution in [1.82, 2.24) is 5.32 Å². The molecule has 0 unspecified atom stereocenters. The van der Waals surface area contributed by atoms with Gasteiger partial charge in [0.15, 0.2) is 0 Å². The van der Waals surface area contributed by atoms with Crippen LogP contribution in [0.5, 0.6) is 0 Å². The fourth-order valence-corrected chi connectivity index (χ4v) is 2.21. The molecule has 112 valence electrons. The highest BCUT2D eigenvalue weighted by atomic mass is 16.5. The normalized spacial score (nSPS) is 26.0. The maximum atomic E-state index is 11.9. The highest BCUT2D eigenvalue weighted by Crippen LogP contribution is 2.16. The Balaban J connectivity index is 2.13. The van der Waals surface area contributed by atoms with E-state index in [9.17, 15) is 9.59 Å². The summed E-state index contributed by atoms with van der Waals surface area (Å²) >= 11 is 0. The van der Waals surface area contributed by atoms with E-state index in [-0.39, 0.29) is 30.4 Å². The molecule has 1 aromatic rings. The predicted octanol–water partition coefficient (Wildman–Crippen LogP) is 2.76. The zero-order valence-corrected chi connectivity index (χ0v) is 12.2. The lowest BCUT2D eigenvalue weighted by Gasteiger charge is -2.20. The molecule has 1 aromatic carbocycles. The molecule has 1 N–H and O–H groups in total. The van der Waals surface area contributed by atoms with Crippen LogP contribution < -0.4 is 5.32 Å². The molecule has 1 heterocycles. The van der Waals surface area contributed by atoms with Gasteiger partial charge in [-0.15, -0.1) is 0 Å². The van der Waals surface area contributed by atoms with Crippen molar-refractivity contribution in [2.45, 2.75) is 32.2 Å². The first kappa shape index (κ1) is 15.3. The minimum atomic E-state index is -0.293. The summed E-state index contributed by atoms with van der Waals surface area (Å²) in [5, 5.41) is 2.94. The largest absolute Gasteiger partial charge is 0.463 e. The smallest absolute Gasteiger partial charge is 0.309 e. The van der Waals surface area contributed by atoms with Crippen molar-refractivity contribution in [3.05, 3.63) is 48.0 Å². The summed E-state index contributed by atoms with van der Waals surface area (Å²) in [5.41, 5.74) is 0.943. The maximum absolute atomic E-state index is 11.9. The van der Waals surface area contributed by atoms with Gasteiger partial charge in [0.2, 0.25) is 5.91 Å². The average Bonchev–Trinajstić information content (AvgIpc) is 2.50. The molecular formula is C17H21NO3. The number of carbonyl (C=O) groups excluding carboxylic acids is 2. The van der Waals surface area contributed by atoms with Gasteiger partial charge in [0, 0.05) is 6.42 Å². The second-order valence-electron chi connectivity index (χ2n) is 5.31. The second kappa shape index (κ2) is 7.62. The fourth-order valence-electron chi connectivity index (χ4n) is 2.21. The molecule has 0 saturated carbocycles. The fraction of sp³-hybridized carbons (Fsp3) is 0.412. The predicted molar refractivity (Wildman–Crippen MR) is 80.4 cm³/mol. The topological polar surface area (TPSA) is 55.4 Å². The van der Waals surface area contributed by atoms with Gasteiger partial charge in [-0.3, -0.25) is 9.59 Å². The monoisotopic (exact) mass is 287 g/mol. The minimum Gasteiger partial charge on any atom is -0.463 e. The second-order valence-corrected chi connectivity index (χ2v) is 5.31. The van der Waals surface area contributed by atoms with Crippen molar-refractivity contribution in [1.29, 1.82) is 0 Å². The van der Waals surface area contributed by atoms with Gasteiger partial charge in [-0.05, 0) is 18.4 Å². The number of rotatable bonds is 1. The van der Waals surface area contributed by atoms with Crippen molar-refractivity contribution in [3.8, 4) is 0 Å². The van der Waals surface area contributed by atoms with Crippen molar-refractivity contribution in [2.24, 2.45) is 5.92 Å². The molecule has 0 aliphatic carbocycles. The molecule has 2 rings (SSSR count). The van der Waals surface area contributed by atoms with Crippen LogP contribution >= 0.6 is 0 Å². The van der Waals surface area contributed by atoms with E-state index in [0.717, 1.165) is 5.56 Å². The Morgan fingerprint density at radius 1 is 1.14 bits per heavy atom. The zero-order valence-electron chi connectivity index (χ0n) is 12.2. The van der Waals surface area contributed by atoms with Gasteiger partial charge in [-0.25, -0.2) is 0 Å². The number of cyclic esters (lactones) is 1. The summed E-state index contributed by atoms with van der Waals surface area (Å²) < 4.78 is 5.35. The van der Waals surface area contributed by atoms with Crippen LogP contribution in [0.2, 0.25) is 0 Å². The first-order chi connectivity index (χ1) is 10.2. The van der Waals surface area contributed by atoms with Crippen LogP contribution in [0.25, 0.3) is 0 Å². The van der Waals surface area contributed by atoms with Gasteiger partial charge in [0.25, 0.3) is 0 Å². The number of benzene rings is 1. The lowest BCUT2D eigenvalue weighted by atomic mass is 10.1. The van der Waals surface area contributed by atoms with E-state index in [1.54, 1.807) is 0 Å². The molecule has 0 fully saturated rings. The van der Waals surface area contributed by atoms with Crippen LogP contribution in [0.4, 0.5) is 0 Å². The van der Waals surface area contributed by atoms with E-state index in [1.165, 1.54) is 0 Å². The maximum Gasteiger partial charge on any atom is 0.309 e. The Morgan fingerprint density at radius 3 is 2.67 bits per heavy atom. The molecule has 21 heavy (non-hydrogen) atoms. The summed E-state index contributed by atoms with van der Waals surface area (Å²) in [5.74, 6) is -0.415. The molecule has 0 bridgehead atoms. The van der Waals surface area contributed by atoms with Gasteiger partial charge in [0.05, 0.1) is 12.0 Å². The van der Waals surface area contributed by atoms with Crippen LogP contribution in [0.15, 0.2) is 42.5 Å². The minimum absolute atomic E-state index is 0.0295. The van der Waals surface area contributed by atoms with Crippen molar-refractivity contribution >= 4 is 11.9 Å². The summed E-state index contributed by atoms with van der Waals surface area (Å²) in [6.07, 6.45) is 5.67. The molecule has 0 saturated heterocycles. The number of amides is 1. The van der Waals surface area contributed by atoms with Gasteiger partial charge >= 0.3 is 5.97 Å². The molecule has 2 atom stereocenters. The van der Waals surface area contributed by atoms with Crippen LogP contribution in [0.3, 0.4) is 0 Å². The number of allylic oxidation sites excluding steroid dienone is 2. The first-order valence-corrected chi connectivity index (χ1v) is 7.32. The van der Waals surface area contributed by atoms with Gasteiger partial charge < -0.3 is 10.1 Å². The third-order valence-electron chi connectivity index (χ3n) is 3.53. The van der Waals surface area contributed by atoms with Gasteiger partial charge in [0.1, 0.15) is 6.61 Å². The molecule has 1 amide bonds. The Hall–Kier alpha value is -2.10. The molecule has 4 nitrogen and oxygen atoms in total. The Morgan fingerprint density at radius 2 is 1.90 bits per heavy atom. The number of hydrogen-bond acceptors (Lipinski definition) is 3. The summed E-state index contributed by atoms with van der Waals surface area (Å²) in [6.45, 7) is 2.02. The highest BCUT2D eigenvalue weighted by Gasteiger charge is 2.19. The third kappa shape index (κ3) is 4.74. The lowest BCUT2D eigenvalue weighted by molar-refractivity contribution is -0.149. The van der Waals surface area contributed by atoms with E-state index in [4.69, 9.17) is 4.74 Å². The van der Waals surface area contributed by atoms with Crippen molar-refractivity contribution in [3.63, 3.8) is 0 Å². The average molecular weight is 287 g/mol. The van der Waals surface area contributed by atoms with Crippen molar-refractivity contribution in [2.75, 3.05) is 6.61 Å². The number of carbonyl (C=O) groups is 2. The quantitative estimate of drug-likeness (QED) is 0.638. The number of esters is 1. The molecular weight excluding hydrogens is 266 g/mol. The highest BCUT2D eigenvalue weighted by molar-refractivity contribution is 5.77. The molecule has 0 spiro atoms. The van der Waals surface area contributed by atoms with E-state index in [0.29, 0.717) is 19.3 Å². The Labute approximate surface area is 125 Å². The summed E-state index contributed by atoms with van der Waals surface area (Å²) in [6, 6.07) is 9.29. The summed E-state index contributed by atoms with van der Waals surface area (Å²) in [4.78, 5) is 23.9. The van der Waals surface area contributed by atoms with Crippen molar-refractivity contribution < 1.29 is 14.3 Å². The first-order valence-electron chi connectivity index (χ1n) is 7.32. The van der Waals surface area contributed by atoms with E-state index < -0.39 is 0 Å². The summed E-state index contributed by atoms with van der Waals surface area (Å²) in [7, 11) is 0. The molecule has 1 aliphatic rings. The Bertz CT molecular complexity index is 510. The van der Waals surface area contributed by atoms with Crippen LogP contribution in [0, 0.1) is 5.92 Å². The SMILES string of the molecule is C[C@@H]1C/C=C/CCC(=O)N[C@H](c2ccccc2)COC1=O.